The van der Waals surface area contributed by atoms with Crippen LogP contribution in [-0.4, -0.2) is 36.8 Å². The molecule has 3 atom stereocenters. The highest BCUT2D eigenvalue weighted by Gasteiger charge is 2.44. The van der Waals surface area contributed by atoms with Crippen molar-refractivity contribution in [2.75, 3.05) is 13.7 Å². The van der Waals surface area contributed by atoms with Crippen LogP contribution in [0, 0.1) is 15.9 Å². The normalized spacial score (nSPS) is 25.1. The van der Waals surface area contributed by atoms with Crippen molar-refractivity contribution in [1.29, 1.82) is 0 Å². The van der Waals surface area contributed by atoms with Crippen LogP contribution in [0.4, 0.5) is 10.1 Å². The maximum atomic E-state index is 13.7. The number of para-hydroxylation sites is 1. The van der Waals surface area contributed by atoms with E-state index in [9.17, 15) is 14.5 Å². The number of likely N-dealkylation sites (N-methyl/N-ethyl adjacent to an activating group) is 1. The summed E-state index contributed by atoms with van der Waals surface area (Å²) in [5.41, 5.74) is -0.369. The smallest absolute Gasteiger partial charge is 0.314 e. The van der Waals surface area contributed by atoms with Crippen LogP contribution < -0.4 is 10.1 Å². The first-order chi connectivity index (χ1) is 9.58. The largest absolute Gasteiger partial charge is 0.479 e. The molecule has 0 spiro atoms. The minimum absolute atomic E-state index is 0.126. The summed E-state index contributed by atoms with van der Waals surface area (Å²) in [4.78, 5) is 10.2. The molecule has 0 heterocycles. The van der Waals surface area contributed by atoms with Crippen LogP contribution in [0.2, 0.25) is 0 Å². The number of hydrogen-bond donors (Lipinski definition) is 1. The number of halogens is 1. The van der Waals surface area contributed by atoms with Gasteiger partial charge in [0.05, 0.1) is 4.92 Å². The number of nitro groups is 1. The molecule has 1 aliphatic carbocycles. The zero-order valence-electron chi connectivity index (χ0n) is 11.3. The van der Waals surface area contributed by atoms with Gasteiger partial charge in [-0.1, -0.05) is 13.0 Å². The lowest BCUT2D eigenvalue weighted by molar-refractivity contribution is -0.386. The molecule has 1 aliphatic rings. The van der Waals surface area contributed by atoms with Gasteiger partial charge >= 0.3 is 5.69 Å². The van der Waals surface area contributed by atoms with Gasteiger partial charge < -0.3 is 14.8 Å². The van der Waals surface area contributed by atoms with E-state index in [-0.39, 0.29) is 29.7 Å². The van der Waals surface area contributed by atoms with Gasteiger partial charge in [0.15, 0.2) is 5.82 Å². The second-order valence-corrected chi connectivity index (χ2v) is 4.60. The summed E-state index contributed by atoms with van der Waals surface area (Å²) >= 11 is 0. The van der Waals surface area contributed by atoms with E-state index >= 15 is 0 Å². The van der Waals surface area contributed by atoms with Gasteiger partial charge in [-0.25, -0.2) is 4.39 Å². The molecule has 1 aromatic rings. The first-order valence-electron chi connectivity index (χ1n) is 6.44. The van der Waals surface area contributed by atoms with E-state index in [4.69, 9.17) is 9.47 Å². The first-order valence-corrected chi connectivity index (χ1v) is 6.44. The lowest BCUT2D eigenvalue weighted by Gasteiger charge is -2.43. The number of benzene rings is 1. The lowest BCUT2D eigenvalue weighted by Crippen LogP contribution is -2.61. The molecule has 1 aromatic carbocycles. The Balaban J connectivity index is 2.13. The highest BCUT2D eigenvalue weighted by Crippen LogP contribution is 2.35. The fourth-order valence-electron chi connectivity index (χ4n) is 2.38. The van der Waals surface area contributed by atoms with Gasteiger partial charge in [-0.2, -0.15) is 0 Å². The molecule has 6 nitrogen and oxygen atoms in total. The van der Waals surface area contributed by atoms with Crippen molar-refractivity contribution in [1.82, 2.24) is 5.32 Å². The van der Waals surface area contributed by atoms with Crippen LogP contribution in [0.3, 0.4) is 0 Å². The molecule has 0 bridgehead atoms. The zero-order valence-corrected chi connectivity index (χ0v) is 11.3. The molecular weight excluding hydrogens is 267 g/mol. The fourth-order valence-corrected chi connectivity index (χ4v) is 2.38. The number of nitro benzene ring substituents is 1. The standard InChI is InChI=1S/C13H17FN2O4/c1-3-15-9-7-11(13(9)19-2)20-12-8(14)5-4-6-10(12)16(17)18/h4-6,9,11,13,15H,3,7H2,1-2H3. The van der Waals surface area contributed by atoms with E-state index in [1.165, 1.54) is 12.1 Å². The summed E-state index contributed by atoms with van der Waals surface area (Å²) in [6.45, 7) is 2.76. The average Bonchev–Trinajstić information content (AvgIpc) is 2.39. The third-order valence-corrected chi connectivity index (χ3v) is 3.40. The van der Waals surface area contributed by atoms with Gasteiger partial charge in [0.1, 0.15) is 12.2 Å². The number of ether oxygens (including phenoxy) is 2. The number of nitrogens with zero attached hydrogens (tertiary/aromatic N) is 1. The van der Waals surface area contributed by atoms with Crippen molar-refractivity contribution < 1.29 is 18.8 Å². The molecular formula is C13H17FN2O4. The Morgan fingerprint density at radius 3 is 2.90 bits per heavy atom. The molecule has 0 aliphatic heterocycles. The Bertz CT molecular complexity index is 497. The molecule has 20 heavy (non-hydrogen) atoms. The summed E-state index contributed by atoms with van der Waals surface area (Å²) in [6, 6.07) is 3.78. The Hall–Kier alpha value is -1.73. The van der Waals surface area contributed by atoms with Gasteiger partial charge in [-0.15, -0.1) is 0 Å². The molecule has 2 rings (SSSR count). The molecule has 1 N–H and O–H groups in total. The SMILES string of the molecule is CCNC1CC(Oc2c(F)cccc2[N+](=O)[O-])C1OC. The Morgan fingerprint density at radius 2 is 2.30 bits per heavy atom. The van der Waals surface area contributed by atoms with Crippen LogP contribution in [0.15, 0.2) is 18.2 Å². The predicted octanol–water partition coefficient (Wildman–Crippen LogP) is 1.88. The summed E-state index contributed by atoms with van der Waals surface area (Å²) in [5, 5.41) is 14.1. The Kier molecular flexibility index (Phi) is 4.51. The highest BCUT2D eigenvalue weighted by atomic mass is 19.1. The third kappa shape index (κ3) is 2.73. The second kappa shape index (κ2) is 6.15. The maximum Gasteiger partial charge on any atom is 0.314 e. The number of nitrogens with one attached hydrogen (secondary N) is 1. The van der Waals surface area contributed by atoms with Crippen LogP contribution >= 0.6 is 0 Å². The van der Waals surface area contributed by atoms with Crippen molar-refractivity contribution >= 4 is 5.69 Å². The third-order valence-electron chi connectivity index (χ3n) is 3.40. The van der Waals surface area contributed by atoms with Crippen molar-refractivity contribution in [2.24, 2.45) is 0 Å². The van der Waals surface area contributed by atoms with Crippen LogP contribution in [0.1, 0.15) is 13.3 Å². The average molecular weight is 284 g/mol. The van der Waals surface area contributed by atoms with Crippen LogP contribution in [-0.2, 0) is 4.74 Å². The van der Waals surface area contributed by atoms with E-state index in [1.807, 2.05) is 6.92 Å². The minimum atomic E-state index is -0.735. The Labute approximate surface area is 116 Å². The topological polar surface area (TPSA) is 73.6 Å². The lowest BCUT2D eigenvalue weighted by atomic mass is 9.85. The molecule has 0 aromatic heterocycles. The van der Waals surface area contributed by atoms with Crippen molar-refractivity contribution in [2.45, 2.75) is 31.6 Å². The molecule has 7 heteroatoms. The minimum Gasteiger partial charge on any atom is -0.479 e. The van der Waals surface area contributed by atoms with Gasteiger partial charge in [-0.05, 0) is 12.6 Å². The van der Waals surface area contributed by atoms with Crippen molar-refractivity contribution in [3.8, 4) is 5.75 Å². The van der Waals surface area contributed by atoms with E-state index < -0.39 is 10.7 Å². The summed E-state index contributed by atoms with van der Waals surface area (Å²) in [5.74, 6) is -1.06. The molecule has 3 unspecified atom stereocenters. The van der Waals surface area contributed by atoms with Crippen molar-refractivity contribution in [3.05, 3.63) is 34.1 Å². The summed E-state index contributed by atoms with van der Waals surface area (Å²) < 4.78 is 24.5. The Morgan fingerprint density at radius 1 is 1.55 bits per heavy atom. The summed E-state index contributed by atoms with van der Waals surface area (Å²) in [7, 11) is 1.54. The second-order valence-electron chi connectivity index (χ2n) is 4.60. The number of rotatable bonds is 6. The monoisotopic (exact) mass is 284 g/mol. The molecule has 110 valence electrons. The quantitative estimate of drug-likeness (QED) is 0.637. The van der Waals surface area contributed by atoms with Crippen molar-refractivity contribution in [3.63, 3.8) is 0 Å². The first kappa shape index (κ1) is 14.7. The molecule has 1 saturated carbocycles. The van der Waals surface area contributed by atoms with E-state index in [0.717, 1.165) is 12.6 Å². The molecule has 0 radical (unpaired) electrons. The number of hydrogen-bond acceptors (Lipinski definition) is 5. The van der Waals surface area contributed by atoms with E-state index in [0.29, 0.717) is 6.42 Å². The maximum absolute atomic E-state index is 13.7. The predicted molar refractivity (Wildman–Crippen MR) is 70.3 cm³/mol. The molecule has 1 fully saturated rings. The summed E-state index contributed by atoms with van der Waals surface area (Å²) in [6.07, 6.45) is -0.00788. The van der Waals surface area contributed by atoms with Crippen LogP contribution in [0.25, 0.3) is 0 Å². The molecule has 0 amide bonds. The van der Waals surface area contributed by atoms with Gasteiger partial charge in [0.25, 0.3) is 0 Å². The highest BCUT2D eigenvalue weighted by molar-refractivity contribution is 5.47. The fraction of sp³-hybridized carbons (Fsp3) is 0.538. The zero-order chi connectivity index (χ0) is 14.7. The van der Waals surface area contributed by atoms with Gasteiger partial charge in [-0.3, -0.25) is 10.1 Å². The van der Waals surface area contributed by atoms with Crippen LogP contribution in [0.5, 0.6) is 5.75 Å². The van der Waals surface area contributed by atoms with Gasteiger partial charge in [0, 0.05) is 25.6 Å². The van der Waals surface area contributed by atoms with Gasteiger partial charge in [0.2, 0.25) is 5.75 Å². The molecule has 0 saturated heterocycles. The van der Waals surface area contributed by atoms with E-state index in [1.54, 1.807) is 7.11 Å². The number of methoxy groups -OCH3 is 1. The van der Waals surface area contributed by atoms with E-state index in [2.05, 4.69) is 5.32 Å².